The Morgan fingerprint density at radius 1 is 1.15 bits per heavy atom. The Bertz CT molecular complexity index is 773. The van der Waals surface area contributed by atoms with E-state index in [1.165, 1.54) is 0 Å². The standard InChI is InChI=1S/C14H13N5O/c1-18-7-6-11(17-18)14-16-15-13-9-20-12-5-3-2-4-10(12)8-19(13)14/h2-7H,8-9H2,1H3. The lowest BCUT2D eigenvalue weighted by Crippen LogP contribution is -2.05. The van der Waals surface area contributed by atoms with E-state index in [1.807, 2.05) is 37.5 Å². The summed E-state index contributed by atoms with van der Waals surface area (Å²) >= 11 is 0. The average molecular weight is 267 g/mol. The molecule has 0 atom stereocenters. The minimum Gasteiger partial charge on any atom is -0.485 e. The first-order valence-corrected chi connectivity index (χ1v) is 6.44. The van der Waals surface area contributed by atoms with Gasteiger partial charge in [0, 0.05) is 18.8 Å². The van der Waals surface area contributed by atoms with Crippen LogP contribution in [0.3, 0.4) is 0 Å². The minimum absolute atomic E-state index is 0.427. The van der Waals surface area contributed by atoms with E-state index in [9.17, 15) is 0 Å². The zero-order valence-corrected chi connectivity index (χ0v) is 11.0. The van der Waals surface area contributed by atoms with Crippen LogP contribution in [0.15, 0.2) is 36.5 Å². The number of hydrogen-bond acceptors (Lipinski definition) is 4. The number of rotatable bonds is 1. The van der Waals surface area contributed by atoms with Crippen LogP contribution in [0.25, 0.3) is 11.5 Å². The van der Waals surface area contributed by atoms with Crippen molar-refractivity contribution in [2.75, 3.05) is 0 Å². The molecule has 1 aliphatic rings. The first kappa shape index (κ1) is 11.2. The summed E-state index contributed by atoms with van der Waals surface area (Å²) < 4.78 is 9.61. The highest BCUT2D eigenvalue weighted by molar-refractivity contribution is 5.49. The molecule has 6 nitrogen and oxygen atoms in total. The van der Waals surface area contributed by atoms with Gasteiger partial charge in [-0.2, -0.15) is 5.10 Å². The Morgan fingerprint density at radius 2 is 2.05 bits per heavy atom. The lowest BCUT2D eigenvalue weighted by molar-refractivity contribution is 0.297. The van der Waals surface area contributed by atoms with Gasteiger partial charge >= 0.3 is 0 Å². The van der Waals surface area contributed by atoms with Crippen molar-refractivity contribution in [2.45, 2.75) is 13.2 Å². The third kappa shape index (κ3) is 1.69. The number of para-hydroxylation sites is 1. The van der Waals surface area contributed by atoms with E-state index >= 15 is 0 Å². The summed E-state index contributed by atoms with van der Waals surface area (Å²) in [6.45, 7) is 1.13. The van der Waals surface area contributed by atoms with Crippen molar-refractivity contribution in [3.63, 3.8) is 0 Å². The van der Waals surface area contributed by atoms with E-state index in [2.05, 4.69) is 25.9 Å². The van der Waals surface area contributed by atoms with Gasteiger partial charge < -0.3 is 9.30 Å². The van der Waals surface area contributed by atoms with Gasteiger partial charge in [0.2, 0.25) is 0 Å². The number of benzene rings is 1. The summed E-state index contributed by atoms with van der Waals surface area (Å²) in [6, 6.07) is 9.97. The molecular formula is C14H13N5O. The molecule has 3 heterocycles. The van der Waals surface area contributed by atoms with Crippen LogP contribution in [0.4, 0.5) is 0 Å². The molecule has 0 saturated heterocycles. The van der Waals surface area contributed by atoms with Gasteiger partial charge in [0.25, 0.3) is 0 Å². The van der Waals surface area contributed by atoms with Gasteiger partial charge in [0.05, 0.1) is 6.54 Å². The van der Waals surface area contributed by atoms with E-state index in [0.717, 1.165) is 28.7 Å². The van der Waals surface area contributed by atoms with Crippen LogP contribution in [0.1, 0.15) is 11.4 Å². The second-order valence-corrected chi connectivity index (χ2v) is 4.80. The van der Waals surface area contributed by atoms with Crippen LogP contribution in [0.2, 0.25) is 0 Å². The number of nitrogens with zero attached hydrogens (tertiary/aromatic N) is 5. The molecule has 4 rings (SSSR count). The largest absolute Gasteiger partial charge is 0.485 e. The molecule has 0 bridgehead atoms. The molecule has 0 spiro atoms. The molecule has 2 aromatic heterocycles. The van der Waals surface area contributed by atoms with Gasteiger partial charge in [-0.15, -0.1) is 10.2 Å². The van der Waals surface area contributed by atoms with Crippen LogP contribution in [0, 0.1) is 0 Å². The van der Waals surface area contributed by atoms with Gasteiger partial charge in [0.15, 0.2) is 11.6 Å². The molecule has 0 saturated carbocycles. The Labute approximate surface area is 115 Å². The van der Waals surface area contributed by atoms with Crippen LogP contribution < -0.4 is 4.74 Å². The molecule has 1 aliphatic heterocycles. The molecule has 20 heavy (non-hydrogen) atoms. The summed E-state index contributed by atoms with van der Waals surface area (Å²) in [5.41, 5.74) is 1.95. The number of aromatic nitrogens is 5. The van der Waals surface area contributed by atoms with Crippen molar-refractivity contribution >= 4 is 0 Å². The topological polar surface area (TPSA) is 57.8 Å². The van der Waals surface area contributed by atoms with E-state index in [-0.39, 0.29) is 0 Å². The highest BCUT2D eigenvalue weighted by atomic mass is 16.5. The smallest absolute Gasteiger partial charge is 0.184 e. The summed E-state index contributed by atoms with van der Waals surface area (Å²) in [4.78, 5) is 0. The van der Waals surface area contributed by atoms with E-state index in [4.69, 9.17) is 4.74 Å². The number of fused-ring (bicyclic) bond motifs is 2. The van der Waals surface area contributed by atoms with E-state index < -0.39 is 0 Å². The van der Waals surface area contributed by atoms with E-state index in [0.29, 0.717) is 13.2 Å². The zero-order chi connectivity index (χ0) is 13.5. The molecule has 6 heteroatoms. The quantitative estimate of drug-likeness (QED) is 0.672. The lowest BCUT2D eigenvalue weighted by atomic mass is 10.2. The highest BCUT2D eigenvalue weighted by Gasteiger charge is 2.20. The Kier molecular flexibility index (Phi) is 2.35. The zero-order valence-electron chi connectivity index (χ0n) is 11.0. The van der Waals surface area contributed by atoms with Crippen molar-refractivity contribution in [1.29, 1.82) is 0 Å². The van der Waals surface area contributed by atoms with Crippen LogP contribution >= 0.6 is 0 Å². The van der Waals surface area contributed by atoms with Gasteiger partial charge in [-0.3, -0.25) is 4.68 Å². The second kappa shape index (κ2) is 4.19. The number of aryl methyl sites for hydroxylation is 1. The molecule has 0 unspecified atom stereocenters. The molecule has 0 aliphatic carbocycles. The van der Waals surface area contributed by atoms with Crippen LogP contribution in [0.5, 0.6) is 5.75 Å². The SMILES string of the molecule is Cn1ccc(-c2nnc3n2Cc2ccccc2OC3)n1. The maximum atomic E-state index is 5.78. The first-order chi connectivity index (χ1) is 9.81. The maximum absolute atomic E-state index is 5.78. The normalized spacial score (nSPS) is 13.2. The fraction of sp³-hybridized carbons (Fsp3) is 0.214. The summed E-state index contributed by atoms with van der Waals surface area (Å²) in [5.74, 6) is 2.51. The van der Waals surface area contributed by atoms with E-state index in [1.54, 1.807) is 4.68 Å². The first-order valence-electron chi connectivity index (χ1n) is 6.44. The molecule has 0 fully saturated rings. The third-order valence-electron chi connectivity index (χ3n) is 3.43. The second-order valence-electron chi connectivity index (χ2n) is 4.80. The summed E-state index contributed by atoms with van der Waals surface area (Å²) in [5, 5.41) is 12.9. The number of ether oxygens (including phenoxy) is 1. The van der Waals surface area contributed by atoms with Crippen molar-refractivity contribution in [3.05, 3.63) is 47.9 Å². The Morgan fingerprint density at radius 3 is 2.90 bits per heavy atom. The maximum Gasteiger partial charge on any atom is 0.184 e. The third-order valence-corrected chi connectivity index (χ3v) is 3.43. The van der Waals surface area contributed by atoms with Crippen molar-refractivity contribution < 1.29 is 4.74 Å². The molecule has 0 radical (unpaired) electrons. The predicted octanol–water partition coefficient (Wildman–Crippen LogP) is 1.62. The van der Waals surface area contributed by atoms with Crippen molar-refractivity contribution in [3.8, 4) is 17.3 Å². The fourth-order valence-electron chi connectivity index (χ4n) is 2.42. The van der Waals surface area contributed by atoms with Crippen LogP contribution in [-0.4, -0.2) is 24.5 Å². The van der Waals surface area contributed by atoms with Gasteiger partial charge in [-0.05, 0) is 12.1 Å². The highest BCUT2D eigenvalue weighted by Crippen LogP contribution is 2.26. The fourth-order valence-corrected chi connectivity index (χ4v) is 2.42. The monoisotopic (exact) mass is 267 g/mol. The number of hydrogen-bond donors (Lipinski definition) is 0. The Hall–Kier alpha value is -2.63. The lowest BCUT2D eigenvalue weighted by Gasteiger charge is -2.06. The molecule has 1 aromatic carbocycles. The molecule has 0 N–H and O–H groups in total. The molecule has 0 amide bonds. The minimum atomic E-state index is 0.427. The van der Waals surface area contributed by atoms with Crippen LogP contribution in [-0.2, 0) is 20.2 Å². The summed E-state index contributed by atoms with van der Waals surface area (Å²) in [6.07, 6.45) is 1.90. The van der Waals surface area contributed by atoms with Gasteiger partial charge in [0.1, 0.15) is 18.1 Å². The van der Waals surface area contributed by atoms with Crippen molar-refractivity contribution in [2.24, 2.45) is 7.05 Å². The van der Waals surface area contributed by atoms with Gasteiger partial charge in [-0.25, -0.2) is 0 Å². The molecule has 3 aromatic rings. The predicted molar refractivity (Wildman–Crippen MR) is 72.1 cm³/mol. The van der Waals surface area contributed by atoms with Crippen molar-refractivity contribution in [1.82, 2.24) is 24.5 Å². The summed E-state index contributed by atoms with van der Waals surface area (Å²) in [7, 11) is 1.89. The average Bonchev–Trinajstić information content (AvgIpc) is 3.00. The molecular weight excluding hydrogens is 254 g/mol. The molecule has 100 valence electrons. The van der Waals surface area contributed by atoms with Gasteiger partial charge in [-0.1, -0.05) is 18.2 Å². The Balaban J connectivity index is 1.83.